The standard InChI is InChI=1S/C13H25N5S/c1-6-14-12(15-7-10(2)3)16-8-11-9-19-13(17-11)18(4)5/h9-10H,6-8H2,1-5H3,(H2,14,15,16). The molecule has 0 aliphatic carbocycles. The van der Waals surface area contributed by atoms with Crippen LogP contribution in [0.2, 0.25) is 0 Å². The van der Waals surface area contributed by atoms with E-state index in [4.69, 9.17) is 0 Å². The van der Waals surface area contributed by atoms with Gasteiger partial charge in [-0.3, -0.25) is 0 Å². The number of hydrogen-bond donors (Lipinski definition) is 2. The van der Waals surface area contributed by atoms with Gasteiger partial charge in [0.1, 0.15) is 0 Å². The van der Waals surface area contributed by atoms with E-state index < -0.39 is 0 Å². The highest BCUT2D eigenvalue weighted by molar-refractivity contribution is 7.13. The molecular formula is C13H25N5S. The van der Waals surface area contributed by atoms with E-state index in [-0.39, 0.29) is 0 Å². The van der Waals surface area contributed by atoms with Crippen LogP contribution >= 0.6 is 11.3 Å². The molecule has 108 valence electrons. The summed E-state index contributed by atoms with van der Waals surface area (Å²) in [6.07, 6.45) is 0. The molecule has 1 rings (SSSR count). The highest BCUT2D eigenvalue weighted by Crippen LogP contribution is 2.18. The molecule has 0 bridgehead atoms. The fraction of sp³-hybridized carbons (Fsp3) is 0.692. The van der Waals surface area contributed by atoms with E-state index in [0.717, 1.165) is 29.9 Å². The van der Waals surface area contributed by atoms with E-state index in [1.54, 1.807) is 11.3 Å². The highest BCUT2D eigenvalue weighted by atomic mass is 32.1. The Labute approximate surface area is 120 Å². The van der Waals surface area contributed by atoms with Gasteiger partial charge in [0.05, 0.1) is 12.2 Å². The predicted molar refractivity (Wildman–Crippen MR) is 84.1 cm³/mol. The minimum Gasteiger partial charge on any atom is -0.357 e. The van der Waals surface area contributed by atoms with Gasteiger partial charge in [-0.05, 0) is 12.8 Å². The van der Waals surface area contributed by atoms with Gasteiger partial charge in [-0.1, -0.05) is 13.8 Å². The van der Waals surface area contributed by atoms with Gasteiger partial charge in [0.15, 0.2) is 11.1 Å². The second-order valence-corrected chi connectivity index (χ2v) is 5.82. The summed E-state index contributed by atoms with van der Waals surface area (Å²) in [6, 6.07) is 0. The number of aliphatic imine (C=N–C) groups is 1. The maximum Gasteiger partial charge on any atom is 0.191 e. The van der Waals surface area contributed by atoms with Crippen molar-refractivity contribution in [3.05, 3.63) is 11.1 Å². The van der Waals surface area contributed by atoms with Gasteiger partial charge in [-0.2, -0.15) is 0 Å². The van der Waals surface area contributed by atoms with Crippen molar-refractivity contribution >= 4 is 22.4 Å². The fourth-order valence-corrected chi connectivity index (χ4v) is 2.13. The first-order valence-corrected chi connectivity index (χ1v) is 7.54. The third-order valence-corrected chi connectivity index (χ3v) is 3.40. The molecule has 1 aromatic rings. The van der Waals surface area contributed by atoms with Crippen LogP contribution in [0.5, 0.6) is 0 Å². The van der Waals surface area contributed by atoms with Crippen LogP contribution in [0.1, 0.15) is 26.5 Å². The summed E-state index contributed by atoms with van der Waals surface area (Å²) < 4.78 is 0. The molecule has 1 heterocycles. The third-order valence-electron chi connectivity index (χ3n) is 2.34. The Morgan fingerprint density at radius 2 is 2.16 bits per heavy atom. The van der Waals surface area contributed by atoms with E-state index in [0.29, 0.717) is 12.5 Å². The number of nitrogens with zero attached hydrogens (tertiary/aromatic N) is 3. The lowest BCUT2D eigenvalue weighted by atomic mass is 10.2. The number of nitrogens with one attached hydrogen (secondary N) is 2. The van der Waals surface area contributed by atoms with Gasteiger partial charge >= 0.3 is 0 Å². The number of hydrogen-bond acceptors (Lipinski definition) is 4. The first kappa shape index (κ1) is 15.8. The molecule has 0 aliphatic heterocycles. The zero-order valence-electron chi connectivity index (χ0n) is 12.5. The first-order chi connectivity index (χ1) is 9.02. The molecule has 0 radical (unpaired) electrons. The molecule has 19 heavy (non-hydrogen) atoms. The minimum atomic E-state index is 0.600. The molecule has 5 nitrogen and oxygen atoms in total. The molecule has 0 aliphatic rings. The lowest BCUT2D eigenvalue weighted by Crippen LogP contribution is -2.39. The summed E-state index contributed by atoms with van der Waals surface area (Å²) in [6.45, 7) is 8.83. The second kappa shape index (κ2) is 7.99. The average molecular weight is 283 g/mol. The smallest absolute Gasteiger partial charge is 0.191 e. The van der Waals surface area contributed by atoms with E-state index in [1.807, 2.05) is 19.0 Å². The Hall–Kier alpha value is -1.30. The predicted octanol–water partition coefficient (Wildman–Crippen LogP) is 1.92. The van der Waals surface area contributed by atoms with Crippen LogP contribution in [0.15, 0.2) is 10.4 Å². The lowest BCUT2D eigenvalue weighted by Gasteiger charge is -2.12. The minimum absolute atomic E-state index is 0.600. The lowest BCUT2D eigenvalue weighted by molar-refractivity contribution is 0.614. The summed E-state index contributed by atoms with van der Waals surface area (Å²) in [7, 11) is 4.00. The maximum absolute atomic E-state index is 4.55. The van der Waals surface area contributed by atoms with Gasteiger partial charge in [0, 0.05) is 32.6 Å². The zero-order valence-corrected chi connectivity index (χ0v) is 13.3. The molecule has 1 aromatic heterocycles. The summed E-state index contributed by atoms with van der Waals surface area (Å²) >= 11 is 1.65. The Balaban J connectivity index is 2.57. The first-order valence-electron chi connectivity index (χ1n) is 6.66. The Kier molecular flexibility index (Phi) is 6.62. The van der Waals surface area contributed by atoms with Gasteiger partial charge < -0.3 is 15.5 Å². The number of anilines is 1. The molecule has 0 fully saturated rings. The van der Waals surface area contributed by atoms with Crippen LogP contribution in [0.3, 0.4) is 0 Å². The second-order valence-electron chi connectivity index (χ2n) is 4.99. The molecule has 0 amide bonds. The highest BCUT2D eigenvalue weighted by Gasteiger charge is 2.04. The number of guanidine groups is 1. The Morgan fingerprint density at radius 1 is 1.42 bits per heavy atom. The number of thiazole rings is 1. The van der Waals surface area contributed by atoms with Crippen molar-refractivity contribution in [1.82, 2.24) is 15.6 Å². The molecule has 2 N–H and O–H groups in total. The summed E-state index contributed by atoms with van der Waals surface area (Å²) in [5.41, 5.74) is 1.01. The third kappa shape index (κ3) is 5.92. The van der Waals surface area contributed by atoms with Gasteiger partial charge in [0.2, 0.25) is 0 Å². The summed E-state index contributed by atoms with van der Waals surface area (Å²) in [5, 5.41) is 9.65. The largest absolute Gasteiger partial charge is 0.357 e. The van der Waals surface area contributed by atoms with Gasteiger partial charge in [-0.25, -0.2) is 9.98 Å². The van der Waals surface area contributed by atoms with Crippen molar-refractivity contribution in [3.8, 4) is 0 Å². The molecule has 0 aromatic carbocycles. The van der Waals surface area contributed by atoms with E-state index in [1.165, 1.54) is 0 Å². The SMILES string of the molecule is CCNC(=NCc1csc(N(C)C)n1)NCC(C)C. The summed E-state index contributed by atoms with van der Waals surface area (Å²) in [5.74, 6) is 1.46. The monoisotopic (exact) mass is 283 g/mol. The molecular weight excluding hydrogens is 258 g/mol. The van der Waals surface area contributed by atoms with Crippen LogP contribution in [0, 0.1) is 5.92 Å². The van der Waals surface area contributed by atoms with Crippen LogP contribution in [-0.2, 0) is 6.54 Å². The van der Waals surface area contributed by atoms with Crippen molar-refractivity contribution in [1.29, 1.82) is 0 Å². The van der Waals surface area contributed by atoms with E-state index in [9.17, 15) is 0 Å². The normalized spacial score (nSPS) is 11.8. The molecule has 0 saturated heterocycles. The van der Waals surface area contributed by atoms with E-state index >= 15 is 0 Å². The Morgan fingerprint density at radius 3 is 2.68 bits per heavy atom. The van der Waals surface area contributed by atoms with Crippen molar-refractivity contribution in [2.24, 2.45) is 10.9 Å². The average Bonchev–Trinajstić information content (AvgIpc) is 2.81. The van der Waals surface area contributed by atoms with Crippen LogP contribution in [-0.4, -0.2) is 38.1 Å². The molecule has 0 unspecified atom stereocenters. The maximum atomic E-state index is 4.55. The van der Waals surface area contributed by atoms with Crippen molar-refractivity contribution < 1.29 is 0 Å². The van der Waals surface area contributed by atoms with Gasteiger partial charge in [0.25, 0.3) is 0 Å². The van der Waals surface area contributed by atoms with Crippen LogP contribution in [0.4, 0.5) is 5.13 Å². The number of rotatable bonds is 6. The fourth-order valence-electron chi connectivity index (χ4n) is 1.38. The topological polar surface area (TPSA) is 52.6 Å². The van der Waals surface area contributed by atoms with E-state index in [2.05, 4.69) is 46.8 Å². The van der Waals surface area contributed by atoms with Gasteiger partial charge in [-0.15, -0.1) is 11.3 Å². The number of aromatic nitrogens is 1. The Bertz CT molecular complexity index is 397. The van der Waals surface area contributed by atoms with Crippen LogP contribution < -0.4 is 15.5 Å². The van der Waals surface area contributed by atoms with Crippen molar-refractivity contribution in [3.63, 3.8) is 0 Å². The molecule has 0 saturated carbocycles. The zero-order chi connectivity index (χ0) is 14.3. The molecule has 6 heteroatoms. The summed E-state index contributed by atoms with van der Waals surface area (Å²) in [4.78, 5) is 11.1. The molecule has 0 spiro atoms. The quantitative estimate of drug-likeness (QED) is 0.619. The van der Waals surface area contributed by atoms with Crippen molar-refractivity contribution in [2.45, 2.75) is 27.3 Å². The van der Waals surface area contributed by atoms with Crippen molar-refractivity contribution in [2.75, 3.05) is 32.1 Å². The van der Waals surface area contributed by atoms with Crippen LogP contribution in [0.25, 0.3) is 0 Å². The molecule has 0 atom stereocenters.